The van der Waals surface area contributed by atoms with Gasteiger partial charge in [-0.15, -0.1) is 0 Å². The van der Waals surface area contributed by atoms with E-state index < -0.39 is 0 Å². The number of benzene rings is 2. The molecule has 1 N–H and O–H groups in total. The highest BCUT2D eigenvalue weighted by Gasteiger charge is 2.24. The predicted molar refractivity (Wildman–Crippen MR) is 106 cm³/mol. The lowest BCUT2D eigenvalue weighted by atomic mass is 9.90. The third-order valence-corrected chi connectivity index (χ3v) is 6.04. The summed E-state index contributed by atoms with van der Waals surface area (Å²) in [4.78, 5) is 2.66. The van der Waals surface area contributed by atoms with Gasteiger partial charge < -0.3 is 0 Å². The quantitative estimate of drug-likeness (QED) is 0.713. The molecule has 2 heterocycles. The zero-order valence-corrected chi connectivity index (χ0v) is 15.3. The molecule has 0 radical (unpaired) electrons. The third-order valence-electron chi connectivity index (χ3n) is 6.04. The van der Waals surface area contributed by atoms with Crippen LogP contribution in [-0.4, -0.2) is 28.2 Å². The zero-order chi connectivity index (χ0) is 17.3. The Morgan fingerprint density at radius 1 is 1.04 bits per heavy atom. The molecule has 2 fully saturated rings. The summed E-state index contributed by atoms with van der Waals surface area (Å²) in [6.45, 7) is 3.57. The molecule has 0 bridgehead atoms. The van der Waals surface area contributed by atoms with E-state index in [-0.39, 0.29) is 0 Å². The van der Waals surface area contributed by atoms with Gasteiger partial charge in [-0.3, -0.25) is 10.00 Å². The van der Waals surface area contributed by atoms with Crippen molar-refractivity contribution in [2.24, 2.45) is 5.92 Å². The van der Waals surface area contributed by atoms with Crippen LogP contribution >= 0.6 is 0 Å². The summed E-state index contributed by atoms with van der Waals surface area (Å²) in [7, 11) is 0. The van der Waals surface area contributed by atoms with Crippen LogP contribution in [0.5, 0.6) is 0 Å². The van der Waals surface area contributed by atoms with E-state index in [0.717, 1.165) is 23.9 Å². The van der Waals surface area contributed by atoms with Crippen molar-refractivity contribution >= 4 is 10.9 Å². The van der Waals surface area contributed by atoms with E-state index in [1.807, 2.05) is 6.20 Å². The molecule has 3 nitrogen and oxygen atoms in total. The van der Waals surface area contributed by atoms with Crippen molar-refractivity contribution in [2.45, 2.75) is 44.6 Å². The third kappa shape index (κ3) is 3.54. The molecule has 26 heavy (non-hydrogen) atoms. The number of piperidine rings is 1. The van der Waals surface area contributed by atoms with Crippen LogP contribution in [0.3, 0.4) is 0 Å². The van der Waals surface area contributed by atoms with E-state index in [9.17, 15) is 0 Å². The van der Waals surface area contributed by atoms with Crippen LogP contribution in [0.15, 0.2) is 48.7 Å². The summed E-state index contributed by atoms with van der Waals surface area (Å²) in [6.07, 6.45) is 8.55. The van der Waals surface area contributed by atoms with E-state index in [1.54, 1.807) is 5.56 Å². The minimum atomic E-state index is 0.764. The summed E-state index contributed by atoms with van der Waals surface area (Å²) < 4.78 is 0. The fourth-order valence-corrected chi connectivity index (χ4v) is 4.53. The molecule has 0 spiro atoms. The molecule has 2 aromatic carbocycles. The lowest BCUT2D eigenvalue weighted by Crippen LogP contribution is -2.35. The number of hydrogen-bond acceptors (Lipinski definition) is 2. The molecular weight excluding hydrogens is 318 g/mol. The zero-order valence-electron chi connectivity index (χ0n) is 15.3. The Hall–Kier alpha value is -2.13. The van der Waals surface area contributed by atoms with E-state index in [2.05, 4.69) is 57.6 Å². The maximum Gasteiger partial charge on any atom is 0.0650 e. The summed E-state index contributed by atoms with van der Waals surface area (Å²) in [5.41, 5.74) is 5.63. The fraction of sp³-hybridized carbons (Fsp3) is 0.435. The molecule has 1 aliphatic carbocycles. The largest absolute Gasteiger partial charge is 0.299 e. The van der Waals surface area contributed by atoms with Gasteiger partial charge in [0.1, 0.15) is 0 Å². The molecule has 2 aliphatic rings. The van der Waals surface area contributed by atoms with E-state index in [1.165, 1.54) is 61.7 Å². The lowest BCUT2D eigenvalue weighted by molar-refractivity contribution is 0.167. The Balaban J connectivity index is 1.23. The van der Waals surface area contributed by atoms with Gasteiger partial charge in [0.25, 0.3) is 0 Å². The van der Waals surface area contributed by atoms with E-state index >= 15 is 0 Å². The normalized spacial score (nSPS) is 21.3. The number of nitrogens with one attached hydrogen (secondary N) is 1. The number of likely N-dealkylation sites (tertiary alicyclic amines) is 1. The van der Waals surface area contributed by atoms with Crippen molar-refractivity contribution < 1.29 is 0 Å². The fourth-order valence-electron chi connectivity index (χ4n) is 4.53. The van der Waals surface area contributed by atoms with E-state index in [4.69, 9.17) is 0 Å². The number of H-pyrrole nitrogens is 1. The standard InChI is InChI=1S/C23H27N3/c1-3-19(13-21(5-1)20-7-8-20)16-26-10-2-4-18(15-26)11-17-6-9-23-22(12-17)14-24-25-23/h1,3,5-6,9,12-14,18,20H,2,4,7-8,10-11,15-16H2,(H,24,25)/t18-/m0/s1. The highest BCUT2D eigenvalue weighted by molar-refractivity contribution is 5.78. The number of aromatic nitrogens is 2. The van der Waals surface area contributed by atoms with Crippen LogP contribution in [0.25, 0.3) is 10.9 Å². The van der Waals surface area contributed by atoms with Crippen LogP contribution in [0.4, 0.5) is 0 Å². The average molecular weight is 345 g/mol. The molecule has 1 atom stereocenters. The Morgan fingerprint density at radius 2 is 2.00 bits per heavy atom. The molecule has 0 unspecified atom stereocenters. The first-order valence-electron chi connectivity index (χ1n) is 10.1. The lowest BCUT2D eigenvalue weighted by Gasteiger charge is -2.33. The molecule has 1 saturated heterocycles. The number of fused-ring (bicyclic) bond motifs is 1. The Bertz CT molecular complexity index is 893. The monoisotopic (exact) mass is 345 g/mol. The topological polar surface area (TPSA) is 31.9 Å². The predicted octanol–water partition coefficient (Wildman–Crippen LogP) is 4.90. The van der Waals surface area contributed by atoms with Gasteiger partial charge in [0.15, 0.2) is 0 Å². The molecule has 134 valence electrons. The molecule has 1 aliphatic heterocycles. The highest BCUT2D eigenvalue weighted by Crippen LogP contribution is 2.40. The van der Waals surface area contributed by atoms with Gasteiger partial charge in [0, 0.05) is 18.5 Å². The molecule has 3 aromatic rings. The minimum Gasteiger partial charge on any atom is -0.299 e. The molecule has 1 saturated carbocycles. The number of aromatic amines is 1. The van der Waals surface area contributed by atoms with Crippen LogP contribution < -0.4 is 0 Å². The molecule has 0 amide bonds. The second-order valence-electron chi connectivity index (χ2n) is 8.26. The van der Waals surface area contributed by atoms with Gasteiger partial charge in [0.2, 0.25) is 0 Å². The first kappa shape index (κ1) is 16.1. The Morgan fingerprint density at radius 3 is 2.92 bits per heavy atom. The molecule has 5 rings (SSSR count). The summed E-state index contributed by atoms with van der Waals surface area (Å²) in [6, 6.07) is 16.1. The maximum absolute atomic E-state index is 4.14. The van der Waals surface area contributed by atoms with Crippen molar-refractivity contribution in [1.29, 1.82) is 0 Å². The molecular formula is C23H27N3. The molecule has 1 aromatic heterocycles. The van der Waals surface area contributed by atoms with Gasteiger partial charge in [-0.05, 0) is 79.3 Å². The van der Waals surface area contributed by atoms with Gasteiger partial charge in [-0.25, -0.2) is 0 Å². The maximum atomic E-state index is 4.14. The van der Waals surface area contributed by atoms with Gasteiger partial charge in [0.05, 0.1) is 11.7 Å². The van der Waals surface area contributed by atoms with Crippen molar-refractivity contribution in [1.82, 2.24) is 15.1 Å². The molecule has 3 heteroatoms. The van der Waals surface area contributed by atoms with Crippen molar-refractivity contribution in [3.05, 3.63) is 65.4 Å². The second-order valence-corrected chi connectivity index (χ2v) is 8.26. The van der Waals surface area contributed by atoms with Crippen LogP contribution in [0.1, 0.15) is 48.3 Å². The minimum absolute atomic E-state index is 0.764. The number of hydrogen-bond donors (Lipinski definition) is 1. The van der Waals surface area contributed by atoms with Crippen LogP contribution in [-0.2, 0) is 13.0 Å². The van der Waals surface area contributed by atoms with Gasteiger partial charge >= 0.3 is 0 Å². The van der Waals surface area contributed by atoms with Crippen molar-refractivity contribution in [2.75, 3.05) is 13.1 Å². The first-order valence-corrected chi connectivity index (χ1v) is 10.1. The Kier molecular flexibility index (Phi) is 4.25. The highest BCUT2D eigenvalue weighted by atomic mass is 15.1. The van der Waals surface area contributed by atoms with Gasteiger partial charge in [-0.2, -0.15) is 5.10 Å². The SMILES string of the molecule is c1cc(CN2CCC[C@@H](Cc3ccc4[nH]ncc4c3)C2)cc(C2CC2)c1. The summed E-state index contributed by atoms with van der Waals surface area (Å²) in [5.74, 6) is 1.61. The summed E-state index contributed by atoms with van der Waals surface area (Å²) >= 11 is 0. The Labute approximate surface area is 155 Å². The summed E-state index contributed by atoms with van der Waals surface area (Å²) in [5, 5.41) is 8.41. The number of rotatable bonds is 5. The van der Waals surface area contributed by atoms with Crippen molar-refractivity contribution in [3.63, 3.8) is 0 Å². The van der Waals surface area contributed by atoms with Crippen molar-refractivity contribution in [3.8, 4) is 0 Å². The van der Waals surface area contributed by atoms with Gasteiger partial charge in [-0.1, -0.05) is 30.3 Å². The average Bonchev–Trinajstić information content (AvgIpc) is 3.41. The van der Waals surface area contributed by atoms with Crippen LogP contribution in [0, 0.1) is 5.92 Å². The van der Waals surface area contributed by atoms with Crippen LogP contribution in [0.2, 0.25) is 0 Å². The second kappa shape index (κ2) is 6.88. The number of nitrogens with zero attached hydrogens (tertiary/aromatic N) is 2. The smallest absolute Gasteiger partial charge is 0.0650 e. The van der Waals surface area contributed by atoms with E-state index in [0.29, 0.717) is 0 Å². The first-order chi connectivity index (χ1) is 12.8.